The van der Waals surface area contributed by atoms with E-state index in [-0.39, 0.29) is 18.0 Å². The van der Waals surface area contributed by atoms with Gasteiger partial charge in [0.15, 0.2) is 0 Å². The number of aromatic nitrogens is 3. The first-order valence-electron chi connectivity index (χ1n) is 9.96. The van der Waals surface area contributed by atoms with Crippen LogP contribution in [0, 0.1) is 0 Å². The van der Waals surface area contributed by atoms with Gasteiger partial charge in [0.05, 0.1) is 12.2 Å². The van der Waals surface area contributed by atoms with Crippen LogP contribution in [0.1, 0.15) is 28.9 Å². The van der Waals surface area contributed by atoms with Gasteiger partial charge < -0.3 is 20.7 Å². The lowest BCUT2D eigenvalue weighted by Crippen LogP contribution is -2.38. The lowest BCUT2D eigenvalue weighted by atomic mass is 10.1. The number of nitrogens with two attached hydrogens (primary N) is 1. The van der Waals surface area contributed by atoms with Crippen molar-refractivity contribution in [2.24, 2.45) is 0 Å². The van der Waals surface area contributed by atoms with E-state index < -0.39 is 0 Å². The predicted molar refractivity (Wildman–Crippen MR) is 114 cm³/mol. The molecular weight excluding hydrogens is 380 g/mol. The van der Waals surface area contributed by atoms with Gasteiger partial charge in [0.2, 0.25) is 5.95 Å². The number of rotatable bonds is 6. The summed E-state index contributed by atoms with van der Waals surface area (Å²) >= 11 is 0. The quantitative estimate of drug-likeness (QED) is 0.650. The molecule has 0 spiro atoms. The Kier molecular flexibility index (Phi) is 6.03. The molecule has 2 aromatic heterocycles. The molecule has 30 heavy (non-hydrogen) atoms. The maximum absolute atomic E-state index is 12.5. The van der Waals surface area contributed by atoms with Crippen molar-refractivity contribution in [1.82, 2.24) is 20.3 Å². The number of carbonyl (C=O) groups excluding carboxylic acids is 1. The Morgan fingerprint density at radius 1 is 1.10 bits per heavy atom. The van der Waals surface area contributed by atoms with Crippen molar-refractivity contribution in [2.75, 3.05) is 23.7 Å². The maximum atomic E-state index is 12.5. The first kappa shape index (κ1) is 19.6. The van der Waals surface area contributed by atoms with Crippen LogP contribution < -0.4 is 20.7 Å². The zero-order valence-corrected chi connectivity index (χ0v) is 16.6. The molecule has 1 aromatic carbocycles. The largest absolute Gasteiger partial charge is 0.490 e. The van der Waals surface area contributed by atoms with Gasteiger partial charge in [-0.25, -0.2) is 4.98 Å². The van der Waals surface area contributed by atoms with Gasteiger partial charge in [-0.15, -0.1) is 0 Å². The fourth-order valence-corrected chi connectivity index (χ4v) is 3.42. The number of hydrogen-bond acceptors (Lipinski definition) is 7. The third-order valence-electron chi connectivity index (χ3n) is 4.98. The van der Waals surface area contributed by atoms with Crippen molar-refractivity contribution in [1.29, 1.82) is 0 Å². The minimum absolute atomic E-state index is 0.0901. The van der Waals surface area contributed by atoms with E-state index in [1.165, 1.54) is 0 Å². The molecule has 154 valence electrons. The lowest BCUT2D eigenvalue weighted by molar-refractivity contribution is 0.0949. The van der Waals surface area contributed by atoms with Crippen LogP contribution in [-0.4, -0.2) is 40.1 Å². The van der Waals surface area contributed by atoms with Crippen LogP contribution >= 0.6 is 0 Å². The molecule has 8 nitrogen and oxygen atoms in total. The number of carbonyl (C=O) groups is 1. The molecule has 0 bridgehead atoms. The average Bonchev–Trinajstić information content (AvgIpc) is 2.79. The van der Waals surface area contributed by atoms with Crippen molar-refractivity contribution < 1.29 is 9.53 Å². The van der Waals surface area contributed by atoms with Crippen LogP contribution in [0.25, 0.3) is 0 Å². The summed E-state index contributed by atoms with van der Waals surface area (Å²) in [4.78, 5) is 27.1. The van der Waals surface area contributed by atoms with E-state index in [2.05, 4.69) is 25.2 Å². The zero-order chi connectivity index (χ0) is 20.8. The summed E-state index contributed by atoms with van der Waals surface area (Å²) in [5, 5.41) is 2.89. The highest BCUT2D eigenvalue weighted by Gasteiger charge is 2.22. The minimum atomic E-state index is -0.151. The molecule has 1 saturated heterocycles. The first-order chi connectivity index (χ1) is 14.7. The molecule has 0 aliphatic carbocycles. The molecular formula is C22H24N6O2. The average molecular weight is 404 g/mol. The van der Waals surface area contributed by atoms with Gasteiger partial charge in [0, 0.05) is 43.9 Å². The topological polar surface area (TPSA) is 106 Å². The molecule has 1 amide bonds. The van der Waals surface area contributed by atoms with E-state index >= 15 is 0 Å². The van der Waals surface area contributed by atoms with Gasteiger partial charge in [-0.2, -0.15) is 4.98 Å². The van der Waals surface area contributed by atoms with E-state index in [0.717, 1.165) is 37.4 Å². The van der Waals surface area contributed by atoms with Crippen molar-refractivity contribution in [2.45, 2.75) is 25.5 Å². The summed E-state index contributed by atoms with van der Waals surface area (Å²) < 4.78 is 6.14. The fourth-order valence-electron chi connectivity index (χ4n) is 3.42. The van der Waals surface area contributed by atoms with Gasteiger partial charge in [-0.1, -0.05) is 12.1 Å². The Balaban J connectivity index is 1.31. The molecule has 1 fully saturated rings. The molecule has 1 aliphatic rings. The molecule has 0 atom stereocenters. The molecule has 3 aromatic rings. The van der Waals surface area contributed by atoms with Gasteiger partial charge in [0.1, 0.15) is 17.7 Å². The normalized spacial score (nSPS) is 14.3. The van der Waals surface area contributed by atoms with Gasteiger partial charge >= 0.3 is 0 Å². The summed E-state index contributed by atoms with van der Waals surface area (Å²) in [7, 11) is 0. The fraction of sp³-hybridized carbons (Fsp3) is 0.273. The van der Waals surface area contributed by atoms with Crippen LogP contribution in [0.15, 0.2) is 60.9 Å². The Hall–Kier alpha value is -3.68. The molecule has 1 aliphatic heterocycles. The lowest BCUT2D eigenvalue weighted by Gasteiger charge is -2.33. The van der Waals surface area contributed by atoms with Gasteiger partial charge in [-0.3, -0.25) is 9.78 Å². The van der Waals surface area contributed by atoms with E-state index in [0.29, 0.717) is 17.9 Å². The van der Waals surface area contributed by atoms with Crippen molar-refractivity contribution in [3.63, 3.8) is 0 Å². The highest BCUT2D eigenvalue weighted by molar-refractivity contribution is 5.94. The SMILES string of the molecule is Nc1nccc(N2CCC(Oc3cccc(C(=O)NCc4ccccn4)c3)CC2)n1. The van der Waals surface area contributed by atoms with Gasteiger partial charge in [0.25, 0.3) is 5.91 Å². The van der Waals surface area contributed by atoms with Crippen LogP contribution in [0.3, 0.4) is 0 Å². The molecule has 0 radical (unpaired) electrons. The van der Waals surface area contributed by atoms with E-state index in [4.69, 9.17) is 10.5 Å². The van der Waals surface area contributed by atoms with Crippen molar-refractivity contribution >= 4 is 17.7 Å². The summed E-state index contributed by atoms with van der Waals surface area (Å²) in [5.41, 5.74) is 7.06. The number of piperidine rings is 1. The van der Waals surface area contributed by atoms with Crippen LogP contribution in [0.4, 0.5) is 11.8 Å². The molecule has 0 unspecified atom stereocenters. The number of nitrogens with zero attached hydrogens (tertiary/aromatic N) is 4. The van der Waals surface area contributed by atoms with Crippen molar-refractivity contribution in [3.8, 4) is 5.75 Å². The third kappa shape index (κ3) is 5.02. The number of pyridine rings is 1. The number of benzene rings is 1. The number of nitrogens with one attached hydrogen (secondary N) is 1. The number of ether oxygens (including phenoxy) is 1. The Bertz CT molecular complexity index is 990. The molecule has 3 N–H and O–H groups in total. The number of amides is 1. The second-order valence-electron chi connectivity index (χ2n) is 7.11. The monoisotopic (exact) mass is 404 g/mol. The summed E-state index contributed by atoms with van der Waals surface area (Å²) in [6.45, 7) is 2.04. The maximum Gasteiger partial charge on any atom is 0.251 e. The van der Waals surface area contributed by atoms with Crippen LogP contribution in [-0.2, 0) is 6.54 Å². The Morgan fingerprint density at radius 3 is 2.73 bits per heavy atom. The smallest absolute Gasteiger partial charge is 0.251 e. The van der Waals surface area contributed by atoms with Crippen LogP contribution in [0.5, 0.6) is 5.75 Å². The molecule has 8 heteroatoms. The van der Waals surface area contributed by atoms with Crippen LogP contribution in [0.2, 0.25) is 0 Å². The standard InChI is InChI=1S/C22H24N6O2/c23-22-25-11-7-20(27-22)28-12-8-18(9-13-28)30-19-6-3-4-16(14-19)21(29)26-15-17-5-1-2-10-24-17/h1-7,10-11,14,18H,8-9,12-13,15H2,(H,26,29)(H2,23,25,27). The zero-order valence-electron chi connectivity index (χ0n) is 16.6. The molecule has 4 rings (SSSR count). The summed E-state index contributed by atoms with van der Waals surface area (Å²) in [6.07, 6.45) is 5.19. The van der Waals surface area contributed by atoms with E-state index in [9.17, 15) is 4.79 Å². The highest BCUT2D eigenvalue weighted by atomic mass is 16.5. The summed E-state index contributed by atoms with van der Waals surface area (Å²) in [5.74, 6) is 1.67. The Labute approximate surface area is 175 Å². The van der Waals surface area contributed by atoms with E-state index in [1.54, 1.807) is 24.5 Å². The molecule has 3 heterocycles. The second kappa shape index (κ2) is 9.21. The van der Waals surface area contributed by atoms with E-state index in [1.807, 2.05) is 36.4 Å². The van der Waals surface area contributed by atoms with Crippen molar-refractivity contribution in [3.05, 3.63) is 72.2 Å². The third-order valence-corrected chi connectivity index (χ3v) is 4.98. The van der Waals surface area contributed by atoms with Gasteiger partial charge in [-0.05, 0) is 36.4 Å². The number of anilines is 2. The summed E-state index contributed by atoms with van der Waals surface area (Å²) in [6, 6.07) is 14.8. The molecule has 0 saturated carbocycles. The minimum Gasteiger partial charge on any atom is -0.490 e. The first-order valence-corrected chi connectivity index (χ1v) is 9.96. The second-order valence-corrected chi connectivity index (χ2v) is 7.11. The highest BCUT2D eigenvalue weighted by Crippen LogP contribution is 2.23. The Morgan fingerprint density at radius 2 is 1.97 bits per heavy atom. The predicted octanol–water partition coefficient (Wildman–Crippen LogP) is 2.43. The number of hydrogen-bond donors (Lipinski definition) is 2. The number of nitrogen functional groups attached to an aromatic ring is 1.